The summed E-state index contributed by atoms with van der Waals surface area (Å²) in [5.41, 5.74) is -0.553. The van der Waals surface area contributed by atoms with Crippen LogP contribution in [0, 0.1) is 11.3 Å². The van der Waals surface area contributed by atoms with Crippen LogP contribution in [-0.2, 0) is 4.79 Å². The molecule has 0 atom stereocenters. The highest BCUT2D eigenvalue weighted by atomic mass is 16.5. The Balaban J connectivity index is 2.44. The van der Waals surface area contributed by atoms with Crippen molar-refractivity contribution < 1.29 is 14.3 Å². The second-order valence-electron chi connectivity index (χ2n) is 7.05. The molecule has 2 rings (SSSR count). The van der Waals surface area contributed by atoms with Gasteiger partial charge in [0.2, 0.25) is 0 Å². The van der Waals surface area contributed by atoms with Crippen molar-refractivity contribution in [3.05, 3.63) is 23.8 Å². The zero-order chi connectivity index (χ0) is 17.4. The van der Waals surface area contributed by atoms with Crippen molar-refractivity contribution in [1.29, 1.82) is 5.26 Å². The Morgan fingerprint density at radius 2 is 2.04 bits per heavy atom. The molecule has 0 spiro atoms. The lowest BCUT2D eigenvalue weighted by Gasteiger charge is -2.37. The van der Waals surface area contributed by atoms with E-state index in [9.17, 15) is 9.59 Å². The summed E-state index contributed by atoms with van der Waals surface area (Å²) < 4.78 is 5.71. The fourth-order valence-corrected chi connectivity index (χ4v) is 2.35. The Morgan fingerprint density at radius 1 is 1.39 bits per heavy atom. The quantitative estimate of drug-likeness (QED) is 0.849. The fourth-order valence-electron chi connectivity index (χ4n) is 2.35. The van der Waals surface area contributed by atoms with Crippen molar-refractivity contribution >= 4 is 17.5 Å². The molecule has 0 bridgehead atoms. The second kappa shape index (κ2) is 5.58. The Kier molecular flexibility index (Phi) is 4.08. The molecule has 1 aromatic carbocycles. The first-order valence-electron chi connectivity index (χ1n) is 7.40. The summed E-state index contributed by atoms with van der Waals surface area (Å²) in [4.78, 5) is 26.1. The largest absolute Gasteiger partial charge is 0.476 e. The number of carbonyl (C=O) groups is 2. The second-order valence-corrected chi connectivity index (χ2v) is 7.05. The summed E-state index contributed by atoms with van der Waals surface area (Å²) in [5, 5.41) is 11.9. The number of hydrogen-bond acceptors (Lipinski definition) is 4. The third kappa shape index (κ3) is 3.45. The van der Waals surface area contributed by atoms with E-state index in [4.69, 9.17) is 10.00 Å². The number of amides is 2. The van der Waals surface area contributed by atoms with E-state index in [1.807, 2.05) is 26.8 Å². The molecule has 0 aliphatic carbocycles. The average molecular weight is 315 g/mol. The Hall–Kier alpha value is -2.55. The van der Waals surface area contributed by atoms with Crippen LogP contribution in [0.3, 0.4) is 0 Å². The molecule has 122 valence electrons. The van der Waals surface area contributed by atoms with Gasteiger partial charge in [0.15, 0.2) is 5.60 Å². The summed E-state index contributed by atoms with van der Waals surface area (Å²) in [6, 6.07) is 6.87. The number of nitrogens with one attached hydrogen (secondary N) is 1. The van der Waals surface area contributed by atoms with E-state index in [1.54, 1.807) is 32.0 Å². The maximum absolute atomic E-state index is 12.5. The van der Waals surface area contributed by atoms with Gasteiger partial charge < -0.3 is 10.1 Å². The smallest absolute Gasteiger partial charge is 0.271 e. The Labute approximate surface area is 136 Å². The molecule has 0 fully saturated rings. The van der Waals surface area contributed by atoms with Crippen LogP contribution in [0.1, 0.15) is 45.0 Å². The first-order valence-corrected chi connectivity index (χ1v) is 7.40. The molecule has 1 N–H and O–H groups in total. The van der Waals surface area contributed by atoms with Gasteiger partial charge >= 0.3 is 0 Å². The number of carbonyl (C=O) groups excluding carboxylic acids is 2. The highest BCUT2D eigenvalue weighted by Gasteiger charge is 2.41. The fraction of sp³-hybridized carbons (Fsp3) is 0.471. The molecule has 2 amide bonds. The highest BCUT2D eigenvalue weighted by molar-refractivity contribution is 6.04. The predicted octanol–water partition coefficient (Wildman–Crippen LogP) is 2.24. The zero-order valence-corrected chi connectivity index (χ0v) is 14.1. The van der Waals surface area contributed by atoms with Crippen LogP contribution >= 0.6 is 0 Å². The molecule has 0 unspecified atom stereocenters. The predicted molar refractivity (Wildman–Crippen MR) is 86.3 cm³/mol. The Morgan fingerprint density at radius 3 is 2.61 bits per heavy atom. The molecule has 1 heterocycles. The molecule has 23 heavy (non-hydrogen) atoms. The van der Waals surface area contributed by atoms with Crippen molar-refractivity contribution in [2.75, 3.05) is 11.4 Å². The first-order chi connectivity index (χ1) is 10.5. The minimum absolute atomic E-state index is 0.0943. The molecule has 1 aromatic rings. The van der Waals surface area contributed by atoms with Gasteiger partial charge in [0.25, 0.3) is 11.8 Å². The van der Waals surface area contributed by atoms with E-state index in [2.05, 4.69) is 5.32 Å². The first kappa shape index (κ1) is 16.8. The van der Waals surface area contributed by atoms with E-state index in [-0.39, 0.29) is 23.9 Å². The number of ether oxygens (including phenoxy) is 1. The number of rotatable bonds is 2. The number of benzene rings is 1. The zero-order valence-electron chi connectivity index (χ0n) is 14.1. The molecule has 6 nitrogen and oxygen atoms in total. The molecular formula is C17H21N3O3. The van der Waals surface area contributed by atoms with Crippen LogP contribution in [-0.4, -0.2) is 29.5 Å². The van der Waals surface area contributed by atoms with Gasteiger partial charge in [-0.25, -0.2) is 0 Å². The van der Waals surface area contributed by atoms with Crippen molar-refractivity contribution in [3.63, 3.8) is 0 Å². The molecule has 0 radical (unpaired) electrons. The van der Waals surface area contributed by atoms with E-state index in [0.29, 0.717) is 17.0 Å². The maximum Gasteiger partial charge on any atom is 0.271 e. The molecule has 1 aliphatic heterocycles. The number of nitrogens with zero attached hydrogens (tertiary/aromatic N) is 2. The minimum atomic E-state index is -1.04. The third-order valence-corrected chi connectivity index (χ3v) is 3.35. The highest BCUT2D eigenvalue weighted by Crippen LogP contribution is 2.38. The standard InChI is InChI=1S/C17H21N3O3/c1-16(2,3)19-14(21)11-6-7-13-12(10-11)20(9-8-18)15(22)17(4,5)23-13/h6-7,10H,9H2,1-5H3,(H,19,21). The van der Waals surface area contributed by atoms with Gasteiger partial charge in [-0.1, -0.05) is 0 Å². The summed E-state index contributed by atoms with van der Waals surface area (Å²) in [6.07, 6.45) is 0. The minimum Gasteiger partial charge on any atom is -0.476 e. The third-order valence-electron chi connectivity index (χ3n) is 3.35. The van der Waals surface area contributed by atoms with Gasteiger partial charge in [0.1, 0.15) is 12.3 Å². The van der Waals surface area contributed by atoms with Crippen LogP contribution in [0.5, 0.6) is 5.75 Å². The number of hydrogen-bond donors (Lipinski definition) is 1. The summed E-state index contributed by atoms with van der Waals surface area (Å²) in [6.45, 7) is 8.88. The van der Waals surface area contributed by atoms with Crippen LogP contribution in [0.2, 0.25) is 0 Å². The number of anilines is 1. The molecule has 6 heteroatoms. The van der Waals surface area contributed by atoms with Gasteiger partial charge in [0, 0.05) is 11.1 Å². The number of fused-ring (bicyclic) bond motifs is 1. The molecular weight excluding hydrogens is 294 g/mol. The summed E-state index contributed by atoms with van der Waals surface area (Å²) in [5.74, 6) is -0.0634. The van der Waals surface area contributed by atoms with Gasteiger partial charge in [-0.2, -0.15) is 5.26 Å². The number of nitriles is 1. The van der Waals surface area contributed by atoms with E-state index < -0.39 is 5.60 Å². The monoisotopic (exact) mass is 315 g/mol. The lowest BCUT2D eigenvalue weighted by Crippen LogP contribution is -2.52. The van der Waals surface area contributed by atoms with Crippen molar-refractivity contribution in [3.8, 4) is 11.8 Å². The van der Waals surface area contributed by atoms with Crippen molar-refractivity contribution in [2.45, 2.75) is 45.8 Å². The van der Waals surface area contributed by atoms with E-state index >= 15 is 0 Å². The normalized spacial score (nSPS) is 16.2. The maximum atomic E-state index is 12.5. The topological polar surface area (TPSA) is 82.4 Å². The SMILES string of the molecule is CC(C)(C)NC(=O)c1ccc2c(c1)N(CC#N)C(=O)C(C)(C)O2. The van der Waals surface area contributed by atoms with E-state index in [0.717, 1.165) is 0 Å². The van der Waals surface area contributed by atoms with Gasteiger partial charge in [0.05, 0.1) is 11.8 Å². The molecule has 0 saturated carbocycles. The van der Waals surface area contributed by atoms with Crippen LogP contribution in [0.25, 0.3) is 0 Å². The summed E-state index contributed by atoms with van der Waals surface area (Å²) >= 11 is 0. The van der Waals surface area contributed by atoms with Crippen molar-refractivity contribution in [2.24, 2.45) is 0 Å². The lowest BCUT2D eigenvalue weighted by molar-refractivity contribution is -0.132. The van der Waals surface area contributed by atoms with E-state index in [1.165, 1.54) is 4.90 Å². The van der Waals surface area contributed by atoms with Crippen LogP contribution < -0.4 is 15.0 Å². The summed E-state index contributed by atoms with van der Waals surface area (Å²) in [7, 11) is 0. The molecule has 0 aromatic heterocycles. The van der Waals surface area contributed by atoms with Gasteiger partial charge in [-0.15, -0.1) is 0 Å². The average Bonchev–Trinajstić information content (AvgIpc) is 2.41. The molecule has 1 aliphatic rings. The van der Waals surface area contributed by atoms with Crippen molar-refractivity contribution in [1.82, 2.24) is 5.32 Å². The van der Waals surface area contributed by atoms with Gasteiger partial charge in [-0.05, 0) is 52.8 Å². The Bertz CT molecular complexity index is 696. The lowest BCUT2D eigenvalue weighted by atomic mass is 10.0. The van der Waals surface area contributed by atoms with Gasteiger partial charge in [-0.3, -0.25) is 14.5 Å². The van der Waals surface area contributed by atoms with Crippen LogP contribution in [0.4, 0.5) is 5.69 Å². The molecule has 0 saturated heterocycles. The van der Waals surface area contributed by atoms with Crippen LogP contribution in [0.15, 0.2) is 18.2 Å².